The molecule has 2 heterocycles. The number of hydrogen-bond acceptors (Lipinski definition) is 3. The maximum Gasteiger partial charge on any atom is 0.246 e. The van der Waals surface area contributed by atoms with Crippen molar-refractivity contribution in [3.05, 3.63) is 27.7 Å². The highest BCUT2D eigenvalue weighted by Crippen LogP contribution is 2.43. The number of hydrogen-bond donors (Lipinski definition) is 2. The fourth-order valence-corrected chi connectivity index (χ4v) is 4.10. The van der Waals surface area contributed by atoms with Gasteiger partial charge in [-0.2, -0.15) is 0 Å². The van der Waals surface area contributed by atoms with E-state index in [1.54, 1.807) is 11.0 Å². The Bertz CT molecular complexity index is 693. The molecule has 2 saturated heterocycles. The van der Waals surface area contributed by atoms with E-state index in [1.165, 1.54) is 6.07 Å². The first-order valence-electron chi connectivity index (χ1n) is 8.09. The van der Waals surface area contributed by atoms with Gasteiger partial charge >= 0.3 is 0 Å². The molecule has 2 amide bonds. The third-order valence-electron chi connectivity index (χ3n) is 4.94. The number of piperazine rings is 1. The van der Waals surface area contributed by atoms with Gasteiger partial charge in [0.15, 0.2) is 0 Å². The van der Waals surface area contributed by atoms with Crippen molar-refractivity contribution in [3.8, 4) is 5.75 Å². The quantitative estimate of drug-likeness (QED) is 0.840. The van der Waals surface area contributed by atoms with Crippen LogP contribution in [0.5, 0.6) is 5.75 Å². The molecule has 3 rings (SSSR count). The van der Waals surface area contributed by atoms with Crippen LogP contribution >= 0.6 is 23.2 Å². The fraction of sp³-hybridized carbons (Fsp3) is 0.529. The molecule has 0 spiro atoms. The van der Waals surface area contributed by atoms with Crippen LogP contribution in [0, 0.1) is 5.92 Å². The van der Waals surface area contributed by atoms with Crippen LogP contribution in [0.25, 0.3) is 0 Å². The van der Waals surface area contributed by atoms with E-state index in [4.69, 9.17) is 23.2 Å². The number of carbonyl (C=O) groups is 2. The van der Waals surface area contributed by atoms with Gasteiger partial charge in [-0.05, 0) is 36.8 Å². The van der Waals surface area contributed by atoms with Gasteiger partial charge in [0.2, 0.25) is 11.8 Å². The van der Waals surface area contributed by atoms with Crippen LogP contribution in [-0.4, -0.2) is 40.4 Å². The van der Waals surface area contributed by atoms with Gasteiger partial charge in [0.05, 0.1) is 10.0 Å². The maximum absolute atomic E-state index is 12.6. The van der Waals surface area contributed by atoms with Crippen LogP contribution in [-0.2, 0) is 9.59 Å². The number of aromatic hydroxyl groups is 1. The largest absolute Gasteiger partial charge is 0.508 e. The molecule has 2 aliphatic heterocycles. The first-order valence-corrected chi connectivity index (χ1v) is 8.84. The lowest BCUT2D eigenvalue weighted by Crippen LogP contribution is -2.66. The van der Waals surface area contributed by atoms with Crippen LogP contribution in [0.3, 0.4) is 0 Å². The summed E-state index contributed by atoms with van der Waals surface area (Å²) in [5.41, 5.74) is 0.565. The van der Waals surface area contributed by atoms with Crippen molar-refractivity contribution in [2.75, 3.05) is 6.54 Å². The summed E-state index contributed by atoms with van der Waals surface area (Å²) < 4.78 is 0. The van der Waals surface area contributed by atoms with Crippen LogP contribution in [0.15, 0.2) is 12.1 Å². The van der Waals surface area contributed by atoms with E-state index < -0.39 is 12.1 Å². The third-order valence-corrected chi connectivity index (χ3v) is 5.76. The summed E-state index contributed by atoms with van der Waals surface area (Å²) in [7, 11) is 0. The molecule has 0 radical (unpaired) electrons. The highest BCUT2D eigenvalue weighted by Gasteiger charge is 2.45. The highest BCUT2D eigenvalue weighted by atomic mass is 35.5. The van der Waals surface area contributed by atoms with Crippen LogP contribution < -0.4 is 5.32 Å². The molecule has 1 unspecified atom stereocenters. The average Bonchev–Trinajstić information content (AvgIpc) is 2.54. The van der Waals surface area contributed by atoms with Crippen molar-refractivity contribution in [1.29, 1.82) is 0 Å². The van der Waals surface area contributed by atoms with Crippen LogP contribution in [0.1, 0.15) is 38.2 Å². The first kappa shape index (κ1) is 17.4. The number of carbonyl (C=O) groups excluding carboxylic acids is 2. The minimum absolute atomic E-state index is 0.0329. The number of amides is 2. The van der Waals surface area contributed by atoms with E-state index in [0.717, 1.165) is 0 Å². The molecule has 2 aliphatic rings. The second kappa shape index (κ2) is 6.45. The smallest absolute Gasteiger partial charge is 0.246 e. The molecule has 2 N–H and O–H groups in total. The Hall–Kier alpha value is -1.46. The molecule has 7 heteroatoms. The number of nitrogens with zero attached hydrogens (tertiary/aromatic N) is 1. The normalized spacial score (nSPS) is 27.2. The van der Waals surface area contributed by atoms with Gasteiger partial charge in [0.1, 0.15) is 17.8 Å². The molecule has 0 bridgehead atoms. The Labute approximate surface area is 150 Å². The lowest BCUT2D eigenvalue weighted by molar-refractivity contribution is -0.152. The van der Waals surface area contributed by atoms with Gasteiger partial charge in [0, 0.05) is 12.1 Å². The topological polar surface area (TPSA) is 69.6 Å². The van der Waals surface area contributed by atoms with Crippen molar-refractivity contribution in [3.63, 3.8) is 0 Å². The molecule has 5 nitrogen and oxygen atoms in total. The fourth-order valence-electron chi connectivity index (χ4n) is 3.63. The summed E-state index contributed by atoms with van der Waals surface area (Å²) in [5, 5.41) is 13.7. The van der Waals surface area contributed by atoms with Gasteiger partial charge in [-0.1, -0.05) is 37.0 Å². The Balaban J connectivity index is 1.87. The summed E-state index contributed by atoms with van der Waals surface area (Å²) in [6.45, 7) is 4.30. The maximum atomic E-state index is 12.6. The van der Waals surface area contributed by atoms with Gasteiger partial charge in [0.25, 0.3) is 0 Å². The van der Waals surface area contributed by atoms with Gasteiger partial charge in [-0.25, -0.2) is 0 Å². The number of benzene rings is 1. The molecule has 0 aromatic heterocycles. The van der Waals surface area contributed by atoms with Gasteiger partial charge in [-0.3, -0.25) is 9.59 Å². The first-order chi connectivity index (χ1) is 11.3. The second-order valence-corrected chi connectivity index (χ2v) is 7.58. The summed E-state index contributed by atoms with van der Waals surface area (Å²) in [6.07, 6.45) is 1.06. The molecule has 24 heavy (non-hydrogen) atoms. The highest BCUT2D eigenvalue weighted by molar-refractivity contribution is 6.42. The van der Waals surface area contributed by atoms with E-state index in [-0.39, 0.29) is 29.4 Å². The summed E-state index contributed by atoms with van der Waals surface area (Å²) in [6, 6.07) is 2.06. The van der Waals surface area contributed by atoms with Crippen molar-refractivity contribution >= 4 is 35.0 Å². The molecule has 3 atom stereocenters. The number of fused-ring (bicyclic) bond motifs is 1. The molecule has 0 aliphatic carbocycles. The van der Waals surface area contributed by atoms with Gasteiger partial charge in [-0.15, -0.1) is 0 Å². The zero-order valence-electron chi connectivity index (χ0n) is 13.6. The molecule has 0 saturated carbocycles. The average molecular weight is 371 g/mol. The number of nitrogens with one attached hydrogen (secondary N) is 1. The van der Waals surface area contributed by atoms with Crippen LogP contribution in [0.2, 0.25) is 10.0 Å². The van der Waals surface area contributed by atoms with Crippen molar-refractivity contribution in [2.24, 2.45) is 5.92 Å². The van der Waals surface area contributed by atoms with Crippen molar-refractivity contribution < 1.29 is 14.7 Å². The monoisotopic (exact) mass is 370 g/mol. The standard InChI is InChI=1S/C17H20Cl2N2O3/c1-8(2)15-17(24)21-6-5-9(7-11(21)16(23)20-15)13-12(22)4-3-10(18)14(13)19/h3-4,8-9,11,15,22H,5-7H2,1-2H3,(H,20,23)/t9-,11+,15?/m0/s1. The lowest BCUT2D eigenvalue weighted by atomic mass is 9.82. The molecular formula is C17H20Cl2N2O3. The Morgan fingerprint density at radius 1 is 1.29 bits per heavy atom. The summed E-state index contributed by atoms with van der Waals surface area (Å²) in [5.74, 6) is -0.173. The molecule has 2 fully saturated rings. The van der Waals surface area contributed by atoms with E-state index >= 15 is 0 Å². The Morgan fingerprint density at radius 3 is 2.67 bits per heavy atom. The molecule has 130 valence electrons. The zero-order valence-corrected chi connectivity index (χ0v) is 15.1. The van der Waals surface area contributed by atoms with E-state index in [0.29, 0.717) is 35.0 Å². The summed E-state index contributed by atoms with van der Waals surface area (Å²) >= 11 is 12.3. The molecule has 1 aromatic rings. The SMILES string of the molecule is CC(C)C1NC(=O)[C@H]2C[C@@H](c3c(O)ccc(Cl)c3Cl)CCN2C1=O. The minimum Gasteiger partial charge on any atom is -0.508 e. The molecule has 1 aromatic carbocycles. The predicted molar refractivity (Wildman–Crippen MR) is 92.4 cm³/mol. The number of piperidine rings is 1. The van der Waals surface area contributed by atoms with E-state index in [2.05, 4.69) is 5.32 Å². The molecular weight excluding hydrogens is 351 g/mol. The van der Waals surface area contributed by atoms with Crippen molar-refractivity contribution in [1.82, 2.24) is 10.2 Å². The second-order valence-electron chi connectivity index (χ2n) is 6.79. The number of halogens is 2. The van der Waals surface area contributed by atoms with Crippen LogP contribution in [0.4, 0.5) is 0 Å². The number of phenols is 1. The van der Waals surface area contributed by atoms with E-state index in [1.807, 2.05) is 13.8 Å². The number of phenolic OH excluding ortho intramolecular Hbond substituents is 1. The van der Waals surface area contributed by atoms with E-state index in [9.17, 15) is 14.7 Å². The lowest BCUT2D eigenvalue weighted by Gasteiger charge is -2.45. The van der Waals surface area contributed by atoms with Gasteiger partial charge < -0.3 is 15.3 Å². The summed E-state index contributed by atoms with van der Waals surface area (Å²) in [4.78, 5) is 26.7. The Kier molecular flexibility index (Phi) is 4.67. The zero-order chi connectivity index (χ0) is 17.6. The number of rotatable bonds is 2. The minimum atomic E-state index is -0.527. The predicted octanol–water partition coefficient (Wildman–Crippen LogP) is 2.93. The third kappa shape index (κ3) is 2.84. The van der Waals surface area contributed by atoms with Crippen molar-refractivity contribution in [2.45, 2.75) is 44.7 Å². The Morgan fingerprint density at radius 2 is 2.00 bits per heavy atom.